The monoisotopic (exact) mass is 1080 g/mol. The Kier molecular flexibility index (Phi) is 11.0. The zero-order chi connectivity index (χ0) is 56.3. The van der Waals surface area contributed by atoms with Gasteiger partial charge in [-0.15, -0.1) is 0 Å². The molecule has 2 aliphatic heterocycles. The number of hydrogen-bond donors (Lipinski definition) is 0. The van der Waals surface area contributed by atoms with Gasteiger partial charge in [-0.3, -0.25) is 0 Å². The van der Waals surface area contributed by atoms with Crippen molar-refractivity contribution in [2.75, 3.05) is 9.80 Å². The zero-order valence-electron chi connectivity index (χ0n) is 46.9. The maximum absolute atomic E-state index is 5.26. The van der Waals surface area contributed by atoms with Crippen LogP contribution in [0.1, 0.15) is 25.0 Å². The number of para-hydroxylation sites is 5. The van der Waals surface area contributed by atoms with Gasteiger partial charge in [-0.2, -0.15) is 0 Å². The molecule has 0 saturated carbocycles. The van der Waals surface area contributed by atoms with E-state index in [2.05, 4.69) is 277 Å². The van der Waals surface area contributed by atoms with Crippen LogP contribution in [-0.4, -0.2) is 26.2 Å². The molecule has 0 N–H and O–H groups in total. The summed E-state index contributed by atoms with van der Waals surface area (Å²) in [5.74, 6) is 1.85. The van der Waals surface area contributed by atoms with Crippen molar-refractivity contribution >= 4 is 79.0 Å². The predicted octanol–water partition coefficient (Wildman–Crippen LogP) is 17.7. The van der Waals surface area contributed by atoms with E-state index < -0.39 is 0 Å². The second-order valence-electron chi connectivity index (χ2n) is 23.1. The Morgan fingerprint density at radius 3 is 1.41 bits per heavy atom. The van der Waals surface area contributed by atoms with Crippen LogP contribution in [0.15, 0.2) is 285 Å². The molecular weight excluding hydrogens is 1030 g/mol. The van der Waals surface area contributed by atoms with Gasteiger partial charge in [-0.25, -0.2) is 15.0 Å². The molecule has 85 heavy (non-hydrogen) atoms. The van der Waals surface area contributed by atoms with Gasteiger partial charge in [0.05, 0.1) is 16.7 Å². The van der Waals surface area contributed by atoms with E-state index in [-0.39, 0.29) is 12.1 Å². The molecule has 12 aromatic carbocycles. The molecule has 0 atom stereocenters. The van der Waals surface area contributed by atoms with Crippen molar-refractivity contribution in [2.24, 2.45) is 0 Å². The molecule has 7 heteroatoms. The van der Waals surface area contributed by atoms with Crippen LogP contribution in [0, 0.1) is 0 Å². The van der Waals surface area contributed by atoms with Gasteiger partial charge in [-0.05, 0) is 140 Å². The first-order valence-electron chi connectivity index (χ1n) is 29.3. The average Bonchev–Trinajstić information content (AvgIpc) is 2.75. The summed E-state index contributed by atoms with van der Waals surface area (Å²) in [5, 5.41) is 2.44. The van der Waals surface area contributed by atoms with E-state index in [1.807, 2.05) is 36.4 Å². The average molecular weight is 1090 g/mol. The van der Waals surface area contributed by atoms with E-state index >= 15 is 0 Å². The second-order valence-corrected chi connectivity index (χ2v) is 23.1. The van der Waals surface area contributed by atoms with Gasteiger partial charge < -0.3 is 14.4 Å². The molecular formula is C78H53BN6. The Balaban J connectivity index is 0.887. The molecule has 4 heterocycles. The molecule has 6 nitrogen and oxygen atoms in total. The van der Waals surface area contributed by atoms with Crippen molar-refractivity contribution in [1.82, 2.24) is 19.5 Å². The van der Waals surface area contributed by atoms with Crippen LogP contribution in [0.2, 0.25) is 0 Å². The van der Waals surface area contributed by atoms with Crippen molar-refractivity contribution in [1.29, 1.82) is 0 Å². The number of hydrogen-bond acceptors (Lipinski definition) is 5. The SMILES string of the molecule is CC1(C)c2ccccc2-c2cc3c4ccccc4n(-c4ccc(-c5nc(-c6ccccc6)nc(-c6ccccc6)n5)cc4-c4ccc(-c5cc6c7c(c5)N(c5ccccc5)c5ccccc5B7c5ccccc5N6c5ccccc5)cc4)c3cc21. The van der Waals surface area contributed by atoms with Crippen molar-refractivity contribution in [3.05, 3.63) is 296 Å². The third-order valence-corrected chi connectivity index (χ3v) is 18.0. The van der Waals surface area contributed by atoms with Crippen LogP contribution < -0.4 is 26.2 Å². The summed E-state index contributed by atoms with van der Waals surface area (Å²) in [6.07, 6.45) is 0. The standard InChI is InChI=1S/C78H53BN6/c1-78(2)63-33-17-15-31-58(63)61-48-62-59-32-16-20-36-67(59)85(71(62)49-64(61)78)68-44-43-54(77-81-75(52-23-7-3-8-24-52)80-76(82-77)53-25-9-4-10-26-53)45-60(68)51-41-39-50(40-42-51)55-46-72-74-73(47-55)84(57-29-13-6-14-30-57)70-38-22-19-35-66(70)79(74)65-34-18-21-37-69(65)83(72)56-27-11-5-12-28-56/h3-49H,1-2H3. The molecule has 1 aliphatic carbocycles. The highest BCUT2D eigenvalue weighted by molar-refractivity contribution is 7.00. The lowest BCUT2D eigenvalue weighted by Gasteiger charge is -2.44. The number of fused-ring (bicyclic) bond motifs is 10. The fourth-order valence-electron chi connectivity index (χ4n) is 14.1. The number of nitrogens with zero attached hydrogens (tertiary/aromatic N) is 6. The highest BCUT2D eigenvalue weighted by atomic mass is 15.2. The van der Waals surface area contributed by atoms with E-state index in [4.69, 9.17) is 15.0 Å². The number of anilines is 6. The molecule has 0 fully saturated rings. The van der Waals surface area contributed by atoms with Gasteiger partial charge in [0.25, 0.3) is 6.71 Å². The minimum atomic E-state index is -0.186. The highest BCUT2D eigenvalue weighted by Gasteiger charge is 2.43. The Morgan fingerprint density at radius 1 is 0.306 bits per heavy atom. The van der Waals surface area contributed by atoms with Crippen LogP contribution in [0.5, 0.6) is 0 Å². The molecule has 0 radical (unpaired) electrons. The molecule has 0 unspecified atom stereocenters. The normalized spacial score (nSPS) is 13.3. The first-order valence-corrected chi connectivity index (χ1v) is 29.3. The number of benzene rings is 12. The topological polar surface area (TPSA) is 50.1 Å². The van der Waals surface area contributed by atoms with Crippen LogP contribution in [0.25, 0.3) is 95.0 Å². The van der Waals surface area contributed by atoms with Gasteiger partial charge >= 0.3 is 0 Å². The first-order chi connectivity index (χ1) is 41.9. The lowest BCUT2D eigenvalue weighted by atomic mass is 9.33. The van der Waals surface area contributed by atoms with Crippen molar-refractivity contribution in [3.8, 4) is 73.2 Å². The van der Waals surface area contributed by atoms with E-state index in [1.54, 1.807) is 0 Å². The van der Waals surface area contributed by atoms with Gasteiger partial charge in [0, 0.05) is 72.6 Å². The van der Waals surface area contributed by atoms with Crippen molar-refractivity contribution < 1.29 is 0 Å². The first kappa shape index (κ1) is 48.8. The van der Waals surface area contributed by atoms with Gasteiger partial charge in [0.2, 0.25) is 0 Å². The zero-order valence-corrected chi connectivity index (χ0v) is 46.9. The van der Waals surface area contributed by atoms with E-state index in [0.29, 0.717) is 17.5 Å². The summed E-state index contributed by atoms with van der Waals surface area (Å²) in [6, 6.07) is 104. The van der Waals surface area contributed by atoms with Crippen LogP contribution >= 0.6 is 0 Å². The Labute approximate surface area is 494 Å². The predicted molar refractivity (Wildman–Crippen MR) is 353 cm³/mol. The molecule has 3 aliphatic rings. The molecule has 17 rings (SSSR count). The summed E-state index contributed by atoms with van der Waals surface area (Å²) >= 11 is 0. The number of rotatable bonds is 8. The summed E-state index contributed by atoms with van der Waals surface area (Å²) < 4.78 is 2.49. The largest absolute Gasteiger partial charge is 0.311 e. The number of aromatic nitrogens is 4. The lowest BCUT2D eigenvalue weighted by Crippen LogP contribution is -2.61. The fourth-order valence-corrected chi connectivity index (χ4v) is 14.1. The summed E-state index contributed by atoms with van der Waals surface area (Å²) in [7, 11) is 0. The molecule has 398 valence electrons. The van der Waals surface area contributed by atoms with E-state index in [9.17, 15) is 0 Å². The maximum Gasteiger partial charge on any atom is 0.252 e. The van der Waals surface area contributed by atoms with Crippen LogP contribution in [-0.2, 0) is 5.41 Å². The third kappa shape index (κ3) is 7.63. The molecule has 0 saturated heterocycles. The van der Waals surface area contributed by atoms with Crippen molar-refractivity contribution in [2.45, 2.75) is 19.3 Å². The quantitative estimate of drug-likeness (QED) is 0.142. The Hall–Kier alpha value is -10.9. The molecule has 14 aromatic rings. The smallest absolute Gasteiger partial charge is 0.252 e. The lowest BCUT2D eigenvalue weighted by molar-refractivity contribution is 0.661. The van der Waals surface area contributed by atoms with Crippen LogP contribution in [0.4, 0.5) is 34.1 Å². The van der Waals surface area contributed by atoms with Crippen LogP contribution in [0.3, 0.4) is 0 Å². The summed E-state index contributed by atoms with van der Waals surface area (Å²) in [4.78, 5) is 20.6. The molecule has 0 spiro atoms. The Morgan fingerprint density at radius 2 is 0.800 bits per heavy atom. The Bertz CT molecular complexity index is 4810. The summed E-state index contributed by atoms with van der Waals surface area (Å²) in [5.41, 5.74) is 26.4. The minimum absolute atomic E-state index is 0.0275. The van der Waals surface area contributed by atoms with Gasteiger partial charge in [0.1, 0.15) is 0 Å². The van der Waals surface area contributed by atoms with E-state index in [1.165, 1.54) is 77.7 Å². The molecule has 0 amide bonds. The second kappa shape index (κ2) is 19.1. The highest BCUT2D eigenvalue weighted by Crippen LogP contribution is 2.52. The maximum atomic E-state index is 5.26. The van der Waals surface area contributed by atoms with E-state index in [0.717, 1.165) is 61.5 Å². The van der Waals surface area contributed by atoms with Gasteiger partial charge in [0.15, 0.2) is 17.5 Å². The fraction of sp³-hybridized carbons (Fsp3) is 0.0385. The van der Waals surface area contributed by atoms with Crippen molar-refractivity contribution in [3.63, 3.8) is 0 Å². The van der Waals surface area contributed by atoms with Gasteiger partial charge in [-0.1, -0.05) is 214 Å². The third-order valence-electron chi connectivity index (χ3n) is 18.0. The minimum Gasteiger partial charge on any atom is -0.311 e. The molecule has 2 aromatic heterocycles. The summed E-state index contributed by atoms with van der Waals surface area (Å²) in [6.45, 7) is 4.76. The molecule has 0 bridgehead atoms.